The summed E-state index contributed by atoms with van der Waals surface area (Å²) in [5, 5.41) is 3.39. The van der Waals surface area contributed by atoms with Gasteiger partial charge in [0.15, 0.2) is 11.6 Å². The molecule has 0 bridgehead atoms. The average molecular weight is 378 g/mol. The summed E-state index contributed by atoms with van der Waals surface area (Å²) in [5.41, 5.74) is 1.15. The van der Waals surface area contributed by atoms with Crippen molar-refractivity contribution in [1.29, 1.82) is 0 Å². The van der Waals surface area contributed by atoms with Crippen molar-refractivity contribution in [2.24, 2.45) is 0 Å². The summed E-state index contributed by atoms with van der Waals surface area (Å²) < 4.78 is 46.9. The number of halogens is 3. The van der Waals surface area contributed by atoms with Crippen LogP contribution in [0.1, 0.15) is 17.5 Å². The van der Waals surface area contributed by atoms with Gasteiger partial charge in [-0.2, -0.15) is 0 Å². The Bertz CT molecular complexity index is 759. The van der Waals surface area contributed by atoms with Crippen molar-refractivity contribution in [2.75, 3.05) is 39.4 Å². The number of ether oxygens (including phenoxy) is 1. The molecule has 0 radical (unpaired) electrons. The molecule has 1 saturated heterocycles. The average Bonchev–Trinajstić information content (AvgIpc) is 2.70. The Balaban J connectivity index is 1.50. The van der Waals surface area contributed by atoms with Crippen LogP contribution in [0.3, 0.4) is 0 Å². The van der Waals surface area contributed by atoms with Crippen molar-refractivity contribution in [2.45, 2.75) is 19.9 Å². The molecule has 1 N–H and O–H groups in total. The predicted molar refractivity (Wildman–Crippen MR) is 100 cm³/mol. The van der Waals surface area contributed by atoms with Gasteiger partial charge in [0.1, 0.15) is 5.82 Å². The van der Waals surface area contributed by atoms with Crippen molar-refractivity contribution in [3.63, 3.8) is 0 Å². The largest absolute Gasteiger partial charge is 0.379 e. The zero-order valence-corrected chi connectivity index (χ0v) is 15.5. The van der Waals surface area contributed by atoms with Crippen LogP contribution in [0.15, 0.2) is 30.3 Å². The summed E-state index contributed by atoms with van der Waals surface area (Å²) in [6.07, 6.45) is 1.06. The van der Waals surface area contributed by atoms with Crippen LogP contribution in [0, 0.1) is 24.4 Å². The molecule has 0 aliphatic carbocycles. The lowest BCUT2D eigenvalue weighted by Crippen LogP contribution is -2.37. The molecule has 1 aliphatic heterocycles. The highest BCUT2D eigenvalue weighted by Crippen LogP contribution is 2.28. The molecule has 1 fully saturated rings. The molecule has 3 nitrogen and oxygen atoms in total. The van der Waals surface area contributed by atoms with Crippen LogP contribution in [-0.4, -0.2) is 44.3 Å². The maximum Gasteiger partial charge on any atom is 0.167 e. The zero-order valence-electron chi connectivity index (χ0n) is 15.5. The van der Waals surface area contributed by atoms with Crippen LogP contribution in [-0.2, 0) is 11.3 Å². The third-order valence-electron chi connectivity index (χ3n) is 4.91. The topological polar surface area (TPSA) is 24.5 Å². The van der Waals surface area contributed by atoms with Crippen molar-refractivity contribution >= 4 is 0 Å². The summed E-state index contributed by atoms with van der Waals surface area (Å²) in [7, 11) is 0. The maximum atomic E-state index is 14.1. The van der Waals surface area contributed by atoms with Gasteiger partial charge in [-0.3, -0.25) is 4.90 Å². The van der Waals surface area contributed by atoms with Gasteiger partial charge < -0.3 is 10.1 Å². The van der Waals surface area contributed by atoms with Gasteiger partial charge in [0.2, 0.25) is 0 Å². The second kappa shape index (κ2) is 9.35. The first-order chi connectivity index (χ1) is 13.1. The molecule has 0 atom stereocenters. The molecule has 0 spiro atoms. The quantitative estimate of drug-likeness (QED) is 0.584. The molecule has 2 aromatic carbocycles. The number of hydrogen-bond donors (Lipinski definition) is 1. The molecule has 0 amide bonds. The molecule has 6 heteroatoms. The van der Waals surface area contributed by atoms with Crippen LogP contribution >= 0.6 is 0 Å². The highest BCUT2D eigenvalue weighted by atomic mass is 19.2. The van der Waals surface area contributed by atoms with Gasteiger partial charge in [-0.25, -0.2) is 13.2 Å². The highest BCUT2D eigenvalue weighted by Gasteiger charge is 2.16. The van der Waals surface area contributed by atoms with Gasteiger partial charge in [-0.15, -0.1) is 0 Å². The molecule has 0 saturated carbocycles. The third kappa shape index (κ3) is 5.09. The van der Waals surface area contributed by atoms with E-state index >= 15 is 0 Å². The Hall–Kier alpha value is -1.89. The van der Waals surface area contributed by atoms with E-state index < -0.39 is 17.5 Å². The Kier molecular flexibility index (Phi) is 6.88. The number of morpholine rings is 1. The molecule has 0 aromatic heterocycles. The first-order valence-corrected chi connectivity index (χ1v) is 9.30. The maximum absolute atomic E-state index is 14.1. The molecule has 0 unspecified atom stereocenters. The molecule has 1 heterocycles. The lowest BCUT2D eigenvalue weighted by molar-refractivity contribution is 0.0374. The lowest BCUT2D eigenvalue weighted by Gasteiger charge is -2.26. The molecule has 1 aliphatic rings. The van der Waals surface area contributed by atoms with Crippen LogP contribution < -0.4 is 5.32 Å². The van der Waals surface area contributed by atoms with Crippen molar-refractivity contribution in [3.8, 4) is 11.1 Å². The van der Waals surface area contributed by atoms with E-state index in [0.29, 0.717) is 12.1 Å². The van der Waals surface area contributed by atoms with E-state index in [4.69, 9.17) is 4.74 Å². The van der Waals surface area contributed by atoms with Gasteiger partial charge >= 0.3 is 0 Å². The molecule has 3 rings (SSSR count). The van der Waals surface area contributed by atoms with Crippen molar-refractivity contribution in [1.82, 2.24) is 10.2 Å². The lowest BCUT2D eigenvalue weighted by atomic mass is 10.0. The minimum absolute atomic E-state index is 0.0550. The first kappa shape index (κ1) is 19.9. The fourth-order valence-electron chi connectivity index (χ4n) is 3.18. The minimum atomic E-state index is -1.13. The fourth-order valence-corrected chi connectivity index (χ4v) is 3.18. The molecule has 2 aromatic rings. The predicted octanol–water partition coefficient (Wildman–Crippen LogP) is 3.89. The summed E-state index contributed by atoms with van der Waals surface area (Å²) in [6.45, 7) is 7.51. The standard InChI is InChI=1S/C21H25F3N2O/c1-15-19(22)13-18(21(24)20(15)23)17-5-3-16(4-6-17)14-25-7-2-8-26-9-11-27-12-10-26/h3-6,13,25H,2,7-12,14H2,1H3. The number of nitrogens with one attached hydrogen (secondary N) is 1. The number of hydrogen-bond acceptors (Lipinski definition) is 3. The van der Waals surface area contributed by atoms with Crippen molar-refractivity contribution < 1.29 is 17.9 Å². The van der Waals surface area contributed by atoms with Gasteiger partial charge in [0, 0.05) is 30.8 Å². The highest BCUT2D eigenvalue weighted by molar-refractivity contribution is 5.65. The number of rotatable bonds is 7. The Labute approximate surface area is 158 Å². The van der Waals surface area contributed by atoms with Crippen LogP contribution in [0.4, 0.5) is 13.2 Å². The third-order valence-corrected chi connectivity index (χ3v) is 4.91. The molecular formula is C21H25F3N2O. The van der Waals surface area contributed by atoms with Gasteiger partial charge in [0.05, 0.1) is 13.2 Å². The smallest absolute Gasteiger partial charge is 0.167 e. The van der Waals surface area contributed by atoms with E-state index in [1.807, 2.05) is 12.1 Å². The van der Waals surface area contributed by atoms with Gasteiger partial charge in [-0.05, 0) is 43.6 Å². The van der Waals surface area contributed by atoms with Crippen LogP contribution in [0.25, 0.3) is 11.1 Å². The monoisotopic (exact) mass is 378 g/mol. The zero-order chi connectivity index (χ0) is 19.2. The first-order valence-electron chi connectivity index (χ1n) is 9.30. The van der Waals surface area contributed by atoms with E-state index in [-0.39, 0.29) is 11.1 Å². The number of nitrogens with zero attached hydrogens (tertiary/aromatic N) is 1. The van der Waals surface area contributed by atoms with Crippen LogP contribution in [0.5, 0.6) is 0 Å². The normalized spacial score (nSPS) is 15.3. The fraction of sp³-hybridized carbons (Fsp3) is 0.429. The van der Waals surface area contributed by atoms with E-state index in [9.17, 15) is 13.2 Å². The molecular weight excluding hydrogens is 353 g/mol. The summed E-state index contributed by atoms with van der Waals surface area (Å²) in [5.74, 6) is -2.88. The summed E-state index contributed by atoms with van der Waals surface area (Å²) in [6, 6.07) is 8.13. The summed E-state index contributed by atoms with van der Waals surface area (Å²) in [4.78, 5) is 2.40. The molecule has 146 valence electrons. The van der Waals surface area contributed by atoms with Crippen molar-refractivity contribution in [3.05, 3.63) is 58.9 Å². The Morgan fingerprint density at radius 3 is 2.44 bits per heavy atom. The van der Waals surface area contributed by atoms with E-state index in [0.717, 1.165) is 57.4 Å². The van der Waals surface area contributed by atoms with Crippen LogP contribution in [0.2, 0.25) is 0 Å². The van der Waals surface area contributed by atoms with Gasteiger partial charge in [-0.1, -0.05) is 24.3 Å². The van der Waals surface area contributed by atoms with E-state index in [2.05, 4.69) is 10.2 Å². The SMILES string of the molecule is Cc1c(F)cc(-c2ccc(CNCCCN3CCOCC3)cc2)c(F)c1F. The minimum Gasteiger partial charge on any atom is -0.379 e. The second-order valence-electron chi connectivity index (χ2n) is 6.84. The second-order valence-corrected chi connectivity index (χ2v) is 6.84. The number of benzene rings is 2. The summed E-state index contributed by atoms with van der Waals surface area (Å²) >= 11 is 0. The van der Waals surface area contributed by atoms with E-state index in [1.54, 1.807) is 12.1 Å². The van der Waals surface area contributed by atoms with E-state index in [1.165, 1.54) is 6.92 Å². The molecule has 27 heavy (non-hydrogen) atoms. The Morgan fingerprint density at radius 1 is 1.04 bits per heavy atom. The Morgan fingerprint density at radius 2 is 1.74 bits per heavy atom. The van der Waals surface area contributed by atoms with Gasteiger partial charge in [0.25, 0.3) is 0 Å².